The molecule has 4 fully saturated rings. The predicted molar refractivity (Wildman–Crippen MR) is 126 cm³/mol. The molecule has 8 heteroatoms. The SMILES string of the molecule is O=C(Oc1cccc(N2C(=O)[C@@H]3[C@H]4C=C[C@@H]([C@@H]5C[C@H]45)[C@H]3C2=O)c1)[C@H]1CC(=O)N(c2ccc(F)cc2)C1. The van der Waals surface area contributed by atoms with Crippen LogP contribution in [0.2, 0.25) is 0 Å². The number of allylic oxidation sites excluding steroid dienone is 2. The Labute approximate surface area is 206 Å². The van der Waals surface area contributed by atoms with Gasteiger partial charge in [0.05, 0.1) is 23.4 Å². The number of hydrogen-bond donors (Lipinski definition) is 0. The molecule has 2 heterocycles. The zero-order chi connectivity index (χ0) is 24.7. The lowest BCUT2D eigenvalue weighted by Gasteiger charge is -2.37. The van der Waals surface area contributed by atoms with Crippen molar-refractivity contribution in [3.8, 4) is 5.75 Å². The third-order valence-electron chi connectivity index (χ3n) is 8.55. The molecule has 2 aliphatic heterocycles. The molecule has 3 amide bonds. The minimum absolute atomic E-state index is 0.0134. The highest BCUT2D eigenvalue weighted by molar-refractivity contribution is 6.22. The Bertz CT molecular complexity index is 1320. The summed E-state index contributed by atoms with van der Waals surface area (Å²) in [7, 11) is 0. The van der Waals surface area contributed by atoms with E-state index in [0.29, 0.717) is 23.2 Å². The summed E-state index contributed by atoms with van der Waals surface area (Å²) < 4.78 is 18.8. The predicted octanol–water partition coefficient (Wildman–Crippen LogP) is 3.34. The van der Waals surface area contributed by atoms with Gasteiger partial charge in [-0.25, -0.2) is 9.29 Å². The zero-order valence-electron chi connectivity index (χ0n) is 19.2. The number of anilines is 2. The number of hydrogen-bond acceptors (Lipinski definition) is 5. The molecule has 0 unspecified atom stereocenters. The van der Waals surface area contributed by atoms with Gasteiger partial charge < -0.3 is 9.64 Å². The number of imide groups is 1. The summed E-state index contributed by atoms with van der Waals surface area (Å²) in [6.45, 7) is 0.132. The Morgan fingerprint density at radius 2 is 1.56 bits per heavy atom. The highest BCUT2D eigenvalue weighted by Crippen LogP contribution is 2.65. The second kappa shape index (κ2) is 7.59. The summed E-state index contributed by atoms with van der Waals surface area (Å²) in [5.41, 5.74) is 0.917. The van der Waals surface area contributed by atoms with E-state index < -0.39 is 17.7 Å². The standard InChI is InChI=1S/C28H23FN2O5/c29-15-4-6-16(7-5-15)30-13-14(10-23(30)32)28(35)36-18-3-1-2-17(11-18)31-26(33)24-19-8-9-20(22-12-21(19)22)25(24)27(31)34/h1-9,11,14,19-22,24-25H,10,12-13H2/t14-,19-,20-,21-,22+,24+,25+/m0/s1. The molecule has 0 spiro atoms. The number of benzene rings is 2. The van der Waals surface area contributed by atoms with Gasteiger partial charge in [-0.15, -0.1) is 0 Å². The molecular formula is C28H23FN2O5. The summed E-state index contributed by atoms with van der Waals surface area (Å²) in [5, 5.41) is 0. The van der Waals surface area contributed by atoms with Gasteiger partial charge in [0.25, 0.3) is 0 Å². The van der Waals surface area contributed by atoms with Crippen molar-refractivity contribution in [1.29, 1.82) is 0 Å². The molecule has 0 N–H and O–H groups in total. The molecule has 7 atom stereocenters. The number of carbonyl (C=O) groups excluding carboxylic acids is 4. The number of halogens is 1. The lowest BCUT2D eigenvalue weighted by atomic mass is 9.63. The molecule has 2 aromatic carbocycles. The average molecular weight is 486 g/mol. The van der Waals surface area contributed by atoms with E-state index in [2.05, 4.69) is 12.2 Å². The van der Waals surface area contributed by atoms with Gasteiger partial charge in [0.15, 0.2) is 0 Å². The van der Waals surface area contributed by atoms with Gasteiger partial charge in [-0.3, -0.25) is 19.2 Å². The summed E-state index contributed by atoms with van der Waals surface area (Å²) >= 11 is 0. The van der Waals surface area contributed by atoms with Crippen LogP contribution >= 0.6 is 0 Å². The topological polar surface area (TPSA) is 84.0 Å². The fraction of sp³-hybridized carbons (Fsp3) is 0.357. The molecular weight excluding hydrogens is 463 g/mol. The maximum absolute atomic E-state index is 13.4. The first-order valence-electron chi connectivity index (χ1n) is 12.3. The van der Waals surface area contributed by atoms with Crippen molar-refractivity contribution in [2.45, 2.75) is 12.8 Å². The van der Waals surface area contributed by atoms with Crippen molar-refractivity contribution in [3.05, 3.63) is 66.5 Å². The number of rotatable bonds is 4. The van der Waals surface area contributed by atoms with Crippen LogP contribution in [0, 0.1) is 47.2 Å². The third-order valence-corrected chi connectivity index (χ3v) is 8.55. The quantitative estimate of drug-likeness (QED) is 0.287. The van der Waals surface area contributed by atoms with Crippen LogP contribution in [-0.2, 0) is 19.2 Å². The Balaban J connectivity index is 1.07. The third kappa shape index (κ3) is 3.09. The number of carbonyl (C=O) groups is 4. The molecule has 0 radical (unpaired) electrons. The fourth-order valence-electron chi connectivity index (χ4n) is 6.83. The van der Waals surface area contributed by atoms with Crippen molar-refractivity contribution in [1.82, 2.24) is 0 Å². The molecule has 2 aromatic rings. The van der Waals surface area contributed by atoms with Gasteiger partial charge in [-0.2, -0.15) is 0 Å². The lowest BCUT2D eigenvalue weighted by Crippen LogP contribution is -2.40. The summed E-state index contributed by atoms with van der Waals surface area (Å²) in [6, 6.07) is 12.0. The molecule has 8 rings (SSSR count). The normalized spacial score (nSPS) is 33.7. The zero-order valence-corrected chi connectivity index (χ0v) is 19.2. The lowest BCUT2D eigenvalue weighted by molar-refractivity contribution is -0.139. The molecule has 4 aliphatic carbocycles. The van der Waals surface area contributed by atoms with E-state index in [4.69, 9.17) is 4.74 Å². The number of esters is 1. The Hall–Kier alpha value is -3.81. The Kier molecular flexibility index (Phi) is 4.53. The van der Waals surface area contributed by atoms with Crippen molar-refractivity contribution in [2.24, 2.45) is 41.4 Å². The van der Waals surface area contributed by atoms with Gasteiger partial charge in [0, 0.05) is 24.7 Å². The molecule has 0 aromatic heterocycles. The molecule has 2 bridgehead atoms. The van der Waals surface area contributed by atoms with Crippen LogP contribution in [0.15, 0.2) is 60.7 Å². The van der Waals surface area contributed by atoms with Gasteiger partial charge in [0.1, 0.15) is 11.6 Å². The van der Waals surface area contributed by atoms with Crippen LogP contribution in [0.4, 0.5) is 15.8 Å². The van der Waals surface area contributed by atoms with Crippen molar-refractivity contribution in [2.75, 3.05) is 16.3 Å². The van der Waals surface area contributed by atoms with E-state index in [-0.39, 0.29) is 60.1 Å². The summed E-state index contributed by atoms with van der Waals surface area (Å²) in [4.78, 5) is 54.8. The van der Waals surface area contributed by atoms with Crippen LogP contribution in [0.25, 0.3) is 0 Å². The van der Waals surface area contributed by atoms with Gasteiger partial charge >= 0.3 is 5.97 Å². The maximum Gasteiger partial charge on any atom is 0.316 e. The van der Waals surface area contributed by atoms with E-state index in [1.165, 1.54) is 40.1 Å². The number of ether oxygens (including phenoxy) is 1. The van der Waals surface area contributed by atoms with E-state index in [9.17, 15) is 23.6 Å². The highest BCUT2D eigenvalue weighted by Gasteiger charge is 2.67. The van der Waals surface area contributed by atoms with Gasteiger partial charge in [-0.1, -0.05) is 18.2 Å². The molecule has 36 heavy (non-hydrogen) atoms. The average Bonchev–Trinajstić information content (AvgIpc) is 3.55. The van der Waals surface area contributed by atoms with E-state index >= 15 is 0 Å². The fourth-order valence-corrected chi connectivity index (χ4v) is 6.83. The van der Waals surface area contributed by atoms with Crippen LogP contribution in [0.1, 0.15) is 12.8 Å². The molecule has 6 aliphatic rings. The number of amides is 3. The van der Waals surface area contributed by atoms with E-state index in [0.717, 1.165) is 6.42 Å². The summed E-state index contributed by atoms with van der Waals surface area (Å²) in [5.74, 6) is -1.32. The molecule has 7 nitrogen and oxygen atoms in total. The smallest absolute Gasteiger partial charge is 0.316 e. The summed E-state index contributed by atoms with van der Waals surface area (Å²) in [6.07, 6.45) is 5.35. The first-order valence-corrected chi connectivity index (χ1v) is 12.3. The number of nitrogens with zero attached hydrogens (tertiary/aromatic N) is 2. The van der Waals surface area contributed by atoms with Crippen molar-refractivity contribution in [3.63, 3.8) is 0 Å². The molecule has 2 saturated carbocycles. The van der Waals surface area contributed by atoms with Crippen molar-refractivity contribution >= 4 is 35.1 Å². The van der Waals surface area contributed by atoms with E-state index in [1.807, 2.05) is 0 Å². The minimum Gasteiger partial charge on any atom is -0.426 e. The molecule has 182 valence electrons. The first-order chi connectivity index (χ1) is 17.4. The van der Waals surface area contributed by atoms with Gasteiger partial charge in [0.2, 0.25) is 17.7 Å². The monoisotopic (exact) mass is 486 g/mol. The Morgan fingerprint density at radius 3 is 2.22 bits per heavy atom. The van der Waals surface area contributed by atoms with Crippen LogP contribution in [0.3, 0.4) is 0 Å². The highest BCUT2D eigenvalue weighted by atomic mass is 19.1. The van der Waals surface area contributed by atoms with Crippen molar-refractivity contribution < 1.29 is 28.3 Å². The van der Waals surface area contributed by atoms with Gasteiger partial charge in [-0.05, 0) is 66.5 Å². The maximum atomic E-state index is 13.4. The second-order valence-corrected chi connectivity index (χ2v) is 10.5. The largest absolute Gasteiger partial charge is 0.426 e. The van der Waals surface area contributed by atoms with Crippen LogP contribution in [-0.4, -0.2) is 30.2 Å². The van der Waals surface area contributed by atoms with Crippen LogP contribution < -0.4 is 14.5 Å². The Morgan fingerprint density at radius 1 is 0.889 bits per heavy atom. The second-order valence-electron chi connectivity index (χ2n) is 10.5. The minimum atomic E-state index is -0.683. The molecule has 2 saturated heterocycles. The first kappa shape index (κ1) is 21.5. The van der Waals surface area contributed by atoms with E-state index in [1.54, 1.807) is 18.2 Å². The van der Waals surface area contributed by atoms with Crippen LogP contribution in [0.5, 0.6) is 5.75 Å².